The summed E-state index contributed by atoms with van der Waals surface area (Å²) < 4.78 is 5.35. The second-order valence-electron chi connectivity index (χ2n) is 6.12. The maximum absolute atomic E-state index is 12.6. The number of carbonyl (C=O) groups excluding carboxylic acids is 1. The summed E-state index contributed by atoms with van der Waals surface area (Å²) >= 11 is 0. The lowest BCUT2D eigenvalue weighted by Crippen LogP contribution is -2.55. The van der Waals surface area contributed by atoms with Gasteiger partial charge in [-0.05, 0) is 30.9 Å². The number of carbonyl (C=O) groups is 1. The van der Waals surface area contributed by atoms with Crippen LogP contribution in [-0.2, 0) is 9.53 Å². The smallest absolute Gasteiger partial charge is 0.239 e. The number of anilines is 1. The number of hydrogen-bond donors (Lipinski definition) is 1. The van der Waals surface area contributed by atoms with Crippen molar-refractivity contribution in [2.45, 2.75) is 18.9 Å². The Morgan fingerprint density at radius 2 is 1.73 bits per heavy atom. The fourth-order valence-corrected chi connectivity index (χ4v) is 3.31. The van der Waals surface area contributed by atoms with Crippen molar-refractivity contribution in [3.05, 3.63) is 30.3 Å². The van der Waals surface area contributed by atoms with E-state index < -0.39 is 0 Å². The van der Waals surface area contributed by atoms with Crippen molar-refractivity contribution in [3.63, 3.8) is 0 Å². The van der Waals surface area contributed by atoms with Gasteiger partial charge in [0, 0.05) is 45.1 Å². The van der Waals surface area contributed by atoms with Gasteiger partial charge in [0.15, 0.2) is 0 Å². The Morgan fingerprint density at radius 3 is 2.36 bits per heavy atom. The van der Waals surface area contributed by atoms with Crippen LogP contribution in [0.2, 0.25) is 0 Å². The number of benzene rings is 1. The van der Waals surface area contributed by atoms with E-state index in [1.54, 1.807) is 0 Å². The van der Waals surface area contributed by atoms with Crippen molar-refractivity contribution in [2.75, 3.05) is 44.3 Å². The lowest BCUT2D eigenvalue weighted by molar-refractivity contribution is -0.135. The van der Waals surface area contributed by atoms with Crippen molar-refractivity contribution in [2.24, 2.45) is 11.7 Å². The standard InChI is InChI=1S/C17H25N3O2/c18-16(14-6-12-22-13-7-14)17(21)20-10-8-19(9-11-20)15-4-2-1-3-5-15/h1-5,14,16H,6-13,18H2. The van der Waals surface area contributed by atoms with Gasteiger partial charge in [0.1, 0.15) is 0 Å². The number of hydrogen-bond acceptors (Lipinski definition) is 4. The van der Waals surface area contributed by atoms with E-state index in [9.17, 15) is 4.79 Å². The lowest BCUT2D eigenvalue weighted by Gasteiger charge is -2.38. The molecule has 5 nitrogen and oxygen atoms in total. The van der Waals surface area contributed by atoms with Gasteiger partial charge in [-0.25, -0.2) is 0 Å². The monoisotopic (exact) mass is 303 g/mol. The van der Waals surface area contributed by atoms with E-state index in [1.165, 1.54) is 5.69 Å². The largest absolute Gasteiger partial charge is 0.381 e. The minimum atomic E-state index is -0.368. The fraction of sp³-hybridized carbons (Fsp3) is 0.588. The molecule has 1 aromatic carbocycles. The second-order valence-corrected chi connectivity index (χ2v) is 6.12. The van der Waals surface area contributed by atoms with Gasteiger partial charge in [0.05, 0.1) is 6.04 Å². The third-order valence-electron chi connectivity index (χ3n) is 4.77. The summed E-state index contributed by atoms with van der Waals surface area (Å²) in [5.74, 6) is 0.382. The number of amides is 1. The Bertz CT molecular complexity index is 480. The second kappa shape index (κ2) is 7.11. The zero-order valence-corrected chi connectivity index (χ0v) is 13.0. The first kappa shape index (κ1) is 15.3. The van der Waals surface area contributed by atoms with E-state index in [-0.39, 0.29) is 17.9 Å². The van der Waals surface area contributed by atoms with Crippen LogP contribution in [0.3, 0.4) is 0 Å². The molecule has 2 N–H and O–H groups in total. The predicted molar refractivity (Wildman–Crippen MR) is 86.8 cm³/mol. The highest BCUT2D eigenvalue weighted by Crippen LogP contribution is 2.20. The molecule has 1 atom stereocenters. The van der Waals surface area contributed by atoms with Gasteiger partial charge in [0.2, 0.25) is 5.91 Å². The molecule has 0 aliphatic carbocycles. The summed E-state index contributed by atoms with van der Waals surface area (Å²) in [6.07, 6.45) is 1.80. The van der Waals surface area contributed by atoms with Gasteiger partial charge in [-0.1, -0.05) is 18.2 Å². The van der Waals surface area contributed by atoms with Crippen molar-refractivity contribution in [3.8, 4) is 0 Å². The van der Waals surface area contributed by atoms with E-state index in [0.717, 1.165) is 52.2 Å². The maximum Gasteiger partial charge on any atom is 0.239 e. The molecule has 5 heteroatoms. The van der Waals surface area contributed by atoms with E-state index >= 15 is 0 Å². The minimum Gasteiger partial charge on any atom is -0.381 e. The third-order valence-corrected chi connectivity index (χ3v) is 4.77. The summed E-state index contributed by atoms with van der Waals surface area (Å²) in [5, 5.41) is 0. The van der Waals surface area contributed by atoms with Crippen LogP contribution in [0.1, 0.15) is 12.8 Å². The molecule has 3 rings (SSSR count). The van der Waals surface area contributed by atoms with Crippen molar-refractivity contribution < 1.29 is 9.53 Å². The molecule has 2 heterocycles. The molecular weight excluding hydrogens is 278 g/mol. The first-order chi connectivity index (χ1) is 10.8. The number of nitrogens with two attached hydrogens (primary N) is 1. The van der Waals surface area contributed by atoms with Crippen LogP contribution in [0, 0.1) is 5.92 Å². The summed E-state index contributed by atoms with van der Waals surface area (Å²) in [6.45, 7) is 4.71. The molecule has 1 aromatic rings. The highest BCUT2D eigenvalue weighted by molar-refractivity contribution is 5.82. The summed E-state index contributed by atoms with van der Waals surface area (Å²) in [6, 6.07) is 9.99. The Hall–Kier alpha value is -1.59. The van der Waals surface area contributed by atoms with Crippen LogP contribution in [0.25, 0.3) is 0 Å². The van der Waals surface area contributed by atoms with Crippen LogP contribution in [0.4, 0.5) is 5.69 Å². The third kappa shape index (κ3) is 3.42. The molecule has 120 valence electrons. The minimum absolute atomic E-state index is 0.111. The topological polar surface area (TPSA) is 58.8 Å². The van der Waals surface area contributed by atoms with Crippen LogP contribution >= 0.6 is 0 Å². The van der Waals surface area contributed by atoms with Gasteiger partial charge in [-0.3, -0.25) is 4.79 Å². The molecule has 1 amide bonds. The molecule has 0 radical (unpaired) electrons. The average Bonchev–Trinajstić information content (AvgIpc) is 2.62. The van der Waals surface area contributed by atoms with Crippen molar-refractivity contribution >= 4 is 11.6 Å². The molecule has 0 saturated carbocycles. The van der Waals surface area contributed by atoms with Crippen LogP contribution in [0.5, 0.6) is 0 Å². The van der Waals surface area contributed by atoms with Crippen molar-refractivity contribution in [1.82, 2.24) is 4.90 Å². The highest BCUT2D eigenvalue weighted by Gasteiger charge is 2.31. The highest BCUT2D eigenvalue weighted by atomic mass is 16.5. The first-order valence-electron chi connectivity index (χ1n) is 8.18. The molecule has 0 bridgehead atoms. The lowest BCUT2D eigenvalue weighted by atomic mass is 9.91. The van der Waals surface area contributed by atoms with E-state index in [4.69, 9.17) is 10.5 Å². The number of rotatable bonds is 3. The number of para-hydroxylation sites is 1. The number of nitrogens with zero attached hydrogens (tertiary/aromatic N) is 2. The normalized spacial score (nSPS) is 21.7. The summed E-state index contributed by atoms with van der Waals surface area (Å²) in [7, 11) is 0. The van der Waals surface area contributed by atoms with Crippen LogP contribution in [0.15, 0.2) is 30.3 Å². The molecule has 22 heavy (non-hydrogen) atoms. The van der Waals surface area contributed by atoms with E-state index in [2.05, 4.69) is 17.0 Å². The molecule has 1 unspecified atom stereocenters. The van der Waals surface area contributed by atoms with Gasteiger partial charge < -0.3 is 20.3 Å². The zero-order valence-electron chi connectivity index (χ0n) is 13.0. The Morgan fingerprint density at radius 1 is 1.09 bits per heavy atom. The van der Waals surface area contributed by atoms with Crippen molar-refractivity contribution in [1.29, 1.82) is 0 Å². The Labute approximate surface area is 132 Å². The summed E-state index contributed by atoms with van der Waals surface area (Å²) in [5.41, 5.74) is 7.43. The number of ether oxygens (including phenoxy) is 1. The van der Waals surface area contributed by atoms with Crippen LogP contribution in [-0.4, -0.2) is 56.2 Å². The maximum atomic E-state index is 12.6. The molecule has 2 aliphatic rings. The SMILES string of the molecule is NC(C(=O)N1CCN(c2ccccc2)CC1)C1CCOCC1. The van der Waals surface area contributed by atoms with E-state index in [0.29, 0.717) is 0 Å². The number of piperazine rings is 1. The quantitative estimate of drug-likeness (QED) is 0.908. The van der Waals surface area contributed by atoms with Crippen LogP contribution < -0.4 is 10.6 Å². The zero-order chi connectivity index (χ0) is 15.4. The molecule has 0 spiro atoms. The molecule has 2 saturated heterocycles. The summed E-state index contributed by atoms with van der Waals surface area (Å²) in [4.78, 5) is 16.8. The molecule has 2 aliphatic heterocycles. The van der Waals surface area contributed by atoms with Gasteiger partial charge >= 0.3 is 0 Å². The molecule has 2 fully saturated rings. The molecular formula is C17H25N3O2. The van der Waals surface area contributed by atoms with Gasteiger partial charge in [0.25, 0.3) is 0 Å². The predicted octanol–water partition coefficient (Wildman–Crippen LogP) is 1.09. The average molecular weight is 303 g/mol. The Kier molecular flexibility index (Phi) is 4.95. The first-order valence-corrected chi connectivity index (χ1v) is 8.18. The van der Waals surface area contributed by atoms with E-state index in [1.807, 2.05) is 23.1 Å². The van der Waals surface area contributed by atoms with Gasteiger partial charge in [-0.15, -0.1) is 0 Å². The molecule has 0 aromatic heterocycles. The van der Waals surface area contributed by atoms with Gasteiger partial charge in [-0.2, -0.15) is 0 Å². The Balaban J connectivity index is 1.53. The fourth-order valence-electron chi connectivity index (χ4n) is 3.31.